The predicted octanol–water partition coefficient (Wildman–Crippen LogP) is 2.81. The third-order valence-electron chi connectivity index (χ3n) is 2.07. The number of thiazole rings is 1. The maximum Gasteiger partial charge on any atom is 0.133 e. The van der Waals surface area contributed by atoms with Crippen LogP contribution in [0.4, 0.5) is 8.78 Å². The normalized spacial score (nSPS) is 10.7. The number of hydrogen-bond donors (Lipinski definition) is 1. The van der Waals surface area contributed by atoms with Crippen molar-refractivity contribution in [2.45, 2.75) is 6.54 Å². The molecule has 0 bridgehead atoms. The molecule has 2 nitrogen and oxygen atoms in total. The molecular formula is C11H10F2N2S. The zero-order chi connectivity index (χ0) is 11.5. The van der Waals surface area contributed by atoms with Crippen molar-refractivity contribution in [1.29, 1.82) is 0 Å². The van der Waals surface area contributed by atoms with Gasteiger partial charge in [-0.1, -0.05) is 0 Å². The lowest BCUT2D eigenvalue weighted by molar-refractivity contribution is 0.603. The van der Waals surface area contributed by atoms with E-state index in [0.29, 0.717) is 11.6 Å². The molecule has 0 radical (unpaired) electrons. The van der Waals surface area contributed by atoms with Gasteiger partial charge < -0.3 is 5.32 Å². The van der Waals surface area contributed by atoms with Gasteiger partial charge in [-0.05, 0) is 25.2 Å². The van der Waals surface area contributed by atoms with Crippen LogP contribution in [0.2, 0.25) is 0 Å². The van der Waals surface area contributed by atoms with Crippen molar-refractivity contribution in [3.05, 3.63) is 40.9 Å². The Kier molecular flexibility index (Phi) is 3.26. The molecule has 0 aliphatic heterocycles. The molecule has 0 spiro atoms. The lowest BCUT2D eigenvalue weighted by atomic mass is 10.2. The Balaban J connectivity index is 2.38. The topological polar surface area (TPSA) is 24.9 Å². The molecule has 2 aromatic rings. The standard InChI is InChI=1S/C11H10F2N2S/c1-14-5-8-6-16-11(15-8)9-4-7(12)2-3-10(9)13/h2-4,6,14H,5H2,1H3. The molecule has 84 valence electrons. The van der Waals surface area contributed by atoms with Crippen molar-refractivity contribution in [3.63, 3.8) is 0 Å². The number of hydrogen-bond acceptors (Lipinski definition) is 3. The molecular weight excluding hydrogens is 230 g/mol. The molecule has 0 amide bonds. The largest absolute Gasteiger partial charge is 0.314 e. The van der Waals surface area contributed by atoms with Crippen LogP contribution in [0.5, 0.6) is 0 Å². The summed E-state index contributed by atoms with van der Waals surface area (Å²) in [4.78, 5) is 4.22. The molecule has 1 heterocycles. The molecule has 0 aliphatic rings. The molecule has 1 aromatic heterocycles. The molecule has 0 atom stereocenters. The molecule has 0 aliphatic carbocycles. The number of benzene rings is 1. The monoisotopic (exact) mass is 240 g/mol. The van der Waals surface area contributed by atoms with Crippen LogP contribution in [0.1, 0.15) is 5.69 Å². The van der Waals surface area contributed by atoms with E-state index in [1.165, 1.54) is 11.3 Å². The van der Waals surface area contributed by atoms with E-state index in [0.717, 1.165) is 23.9 Å². The molecule has 5 heteroatoms. The first kappa shape index (κ1) is 11.2. The van der Waals surface area contributed by atoms with Gasteiger partial charge in [0.15, 0.2) is 0 Å². The Morgan fingerprint density at radius 3 is 2.94 bits per heavy atom. The van der Waals surface area contributed by atoms with Crippen molar-refractivity contribution < 1.29 is 8.78 Å². The summed E-state index contributed by atoms with van der Waals surface area (Å²) >= 11 is 1.31. The van der Waals surface area contributed by atoms with Gasteiger partial charge in [0.25, 0.3) is 0 Å². The third kappa shape index (κ3) is 2.25. The minimum absolute atomic E-state index is 0.215. The molecule has 0 saturated carbocycles. The first-order valence-corrected chi connectivity index (χ1v) is 5.63. The third-order valence-corrected chi connectivity index (χ3v) is 2.99. The molecule has 16 heavy (non-hydrogen) atoms. The molecule has 0 fully saturated rings. The van der Waals surface area contributed by atoms with Gasteiger partial charge in [0.2, 0.25) is 0 Å². The summed E-state index contributed by atoms with van der Waals surface area (Å²) in [5.74, 6) is -0.909. The number of halogens is 2. The van der Waals surface area contributed by atoms with Crippen LogP contribution in [0, 0.1) is 11.6 Å². The summed E-state index contributed by atoms with van der Waals surface area (Å²) < 4.78 is 26.4. The maximum atomic E-state index is 13.4. The van der Waals surface area contributed by atoms with Crippen LogP contribution >= 0.6 is 11.3 Å². The van der Waals surface area contributed by atoms with Gasteiger partial charge in [0.1, 0.15) is 16.6 Å². The Morgan fingerprint density at radius 2 is 2.19 bits per heavy atom. The zero-order valence-electron chi connectivity index (χ0n) is 8.63. The summed E-state index contributed by atoms with van der Waals surface area (Å²) in [5.41, 5.74) is 1.04. The molecule has 0 unspecified atom stereocenters. The van der Waals surface area contributed by atoms with E-state index in [2.05, 4.69) is 10.3 Å². The van der Waals surface area contributed by atoms with Crippen LogP contribution in [-0.4, -0.2) is 12.0 Å². The maximum absolute atomic E-state index is 13.4. The lowest BCUT2D eigenvalue weighted by Gasteiger charge is -1.98. The van der Waals surface area contributed by atoms with Crippen molar-refractivity contribution in [2.24, 2.45) is 0 Å². The summed E-state index contributed by atoms with van der Waals surface area (Å²) in [6.45, 7) is 0.618. The Hall–Kier alpha value is -1.33. The summed E-state index contributed by atoms with van der Waals surface area (Å²) in [5, 5.41) is 5.28. The molecule has 1 aromatic carbocycles. The quantitative estimate of drug-likeness (QED) is 0.892. The average molecular weight is 240 g/mol. The highest BCUT2D eigenvalue weighted by Gasteiger charge is 2.10. The average Bonchev–Trinajstić information content (AvgIpc) is 2.71. The second-order valence-corrected chi connectivity index (χ2v) is 4.16. The fourth-order valence-corrected chi connectivity index (χ4v) is 2.19. The predicted molar refractivity (Wildman–Crippen MR) is 60.2 cm³/mol. The SMILES string of the molecule is CNCc1csc(-c2cc(F)ccc2F)n1. The van der Waals surface area contributed by atoms with Crippen LogP contribution in [-0.2, 0) is 6.54 Å². The van der Waals surface area contributed by atoms with E-state index in [-0.39, 0.29) is 5.56 Å². The van der Waals surface area contributed by atoms with Crippen molar-refractivity contribution in [2.75, 3.05) is 7.05 Å². The minimum Gasteiger partial charge on any atom is -0.314 e. The van der Waals surface area contributed by atoms with Crippen molar-refractivity contribution >= 4 is 11.3 Å². The van der Waals surface area contributed by atoms with E-state index in [9.17, 15) is 8.78 Å². The van der Waals surface area contributed by atoms with Crippen LogP contribution in [0.15, 0.2) is 23.6 Å². The first-order chi connectivity index (χ1) is 7.70. The van der Waals surface area contributed by atoms with Gasteiger partial charge in [-0.2, -0.15) is 0 Å². The van der Waals surface area contributed by atoms with E-state index in [4.69, 9.17) is 0 Å². The fraction of sp³-hybridized carbons (Fsp3) is 0.182. The van der Waals surface area contributed by atoms with E-state index in [1.807, 2.05) is 12.4 Å². The van der Waals surface area contributed by atoms with E-state index < -0.39 is 11.6 Å². The Morgan fingerprint density at radius 1 is 1.38 bits per heavy atom. The minimum atomic E-state index is -0.457. The zero-order valence-corrected chi connectivity index (χ0v) is 9.44. The lowest BCUT2D eigenvalue weighted by Crippen LogP contribution is -2.04. The second-order valence-electron chi connectivity index (χ2n) is 3.30. The second kappa shape index (κ2) is 4.67. The van der Waals surface area contributed by atoms with E-state index >= 15 is 0 Å². The summed E-state index contributed by atoms with van der Waals surface area (Å²) in [7, 11) is 1.81. The Labute approximate surface area is 96.0 Å². The molecule has 0 saturated heterocycles. The number of rotatable bonds is 3. The van der Waals surface area contributed by atoms with Gasteiger partial charge in [-0.3, -0.25) is 0 Å². The number of nitrogens with one attached hydrogen (secondary N) is 1. The van der Waals surface area contributed by atoms with Crippen molar-refractivity contribution in [3.8, 4) is 10.6 Å². The smallest absolute Gasteiger partial charge is 0.133 e. The van der Waals surface area contributed by atoms with Crippen LogP contribution < -0.4 is 5.32 Å². The summed E-state index contributed by atoms with van der Waals surface area (Å²) in [6.07, 6.45) is 0. The van der Waals surface area contributed by atoms with Gasteiger partial charge in [-0.25, -0.2) is 13.8 Å². The first-order valence-electron chi connectivity index (χ1n) is 4.75. The van der Waals surface area contributed by atoms with Gasteiger partial charge in [0.05, 0.1) is 5.69 Å². The highest BCUT2D eigenvalue weighted by Crippen LogP contribution is 2.26. The molecule has 2 rings (SSSR count). The summed E-state index contributed by atoms with van der Waals surface area (Å²) in [6, 6.07) is 3.38. The van der Waals surface area contributed by atoms with Gasteiger partial charge >= 0.3 is 0 Å². The molecule has 1 N–H and O–H groups in total. The fourth-order valence-electron chi connectivity index (χ4n) is 1.35. The number of nitrogens with zero attached hydrogens (tertiary/aromatic N) is 1. The van der Waals surface area contributed by atoms with Gasteiger partial charge in [-0.15, -0.1) is 11.3 Å². The van der Waals surface area contributed by atoms with Crippen LogP contribution in [0.25, 0.3) is 10.6 Å². The number of aromatic nitrogens is 1. The highest BCUT2D eigenvalue weighted by atomic mass is 32.1. The Bertz CT molecular complexity index is 496. The van der Waals surface area contributed by atoms with E-state index in [1.54, 1.807) is 0 Å². The van der Waals surface area contributed by atoms with Crippen molar-refractivity contribution in [1.82, 2.24) is 10.3 Å². The van der Waals surface area contributed by atoms with Crippen LogP contribution in [0.3, 0.4) is 0 Å². The van der Waals surface area contributed by atoms with Gasteiger partial charge in [0, 0.05) is 17.5 Å². The highest BCUT2D eigenvalue weighted by molar-refractivity contribution is 7.13.